The number of nitrogens with one attached hydrogen (secondary N) is 1. The second-order valence-electron chi connectivity index (χ2n) is 5.40. The molecule has 2 aliphatic heterocycles. The van der Waals surface area contributed by atoms with Crippen LogP contribution in [-0.4, -0.2) is 36.5 Å². The summed E-state index contributed by atoms with van der Waals surface area (Å²) < 4.78 is 1.80. The molecule has 3 nitrogen and oxygen atoms in total. The number of hydrogen-bond acceptors (Lipinski definition) is 2. The quantitative estimate of drug-likeness (QED) is 0.803. The molecule has 2 aliphatic rings. The molecule has 102 valence electrons. The van der Waals surface area contributed by atoms with Crippen molar-refractivity contribution in [3.05, 3.63) is 32.7 Å². The Hall–Kier alpha value is -0.390. The van der Waals surface area contributed by atoms with Gasteiger partial charge in [-0.2, -0.15) is 0 Å². The Morgan fingerprint density at radius 2 is 2.16 bits per heavy atom. The van der Waals surface area contributed by atoms with Crippen LogP contribution in [0.1, 0.15) is 17.3 Å². The van der Waals surface area contributed by atoms with Gasteiger partial charge in [-0.25, -0.2) is 0 Å². The zero-order valence-electron chi connectivity index (χ0n) is 10.7. The summed E-state index contributed by atoms with van der Waals surface area (Å²) in [6, 6.07) is 6.07. The zero-order valence-corrected chi connectivity index (χ0v) is 13.9. The van der Waals surface area contributed by atoms with Crippen LogP contribution in [0, 0.1) is 11.8 Å². The molecule has 1 aromatic carbocycles. The van der Waals surface area contributed by atoms with Crippen molar-refractivity contribution in [2.45, 2.75) is 13.0 Å². The van der Waals surface area contributed by atoms with Gasteiger partial charge in [-0.05, 0) is 52.9 Å². The highest BCUT2D eigenvalue weighted by Gasteiger charge is 2.44. The lowest BCUT2D eigenvalue weighted by Crippen LogP contribution is -2.38. The normalized spacial score (nSPS) is 29.6. The minimum Gasteiger partial charge on any atom is -0.335 e. The van der Waals surface area contributed by atoms with Gasteiger partial charge in [-0.3, -0.25) is 4.79 Å². The van der Waals surface area contributed by atoms with Gasteiger partial charge in [0.05, 0.1) is 5.56 Å². The second-order valence-corrected chi connectivity index (χ2v) is 7.17. The first kappa shape index (κ1) is 13.6. The second kappa shape index (κ2) is 5.19. The van der Waals surface area contributed by atoms with Crippen molar-refractivity contribution >= 4 is 37.8 Å². The molecule has 2 saturated heterocycles. The Morgan fingerprint density at radius 1 is 1.37 bits per heavy atom. The van der Waals surface area contributed by atoms with Crippen LogP contribution in [0.5, 0.6) is 0 Å². The van der Waals surface area contributed by atoms with E-state index in [4.69, 9.17) is 0 Å². The molecule has 5 heteroatoms. The third kappa shape index (κ3) is 2.36. The number of amides is 1. The molecule has 3 atom stereocenters. The van der Waals surface area contributed by atoms with E-state index in [1.165, 1.54) is 0 Å². The Morgan fingerprint density at radius 3 is 2.89 bits per heavy atom. The lowest BCUT2D eigenvalue weighted by Gasteiger charge is -2.25. The molecule has 0 radical (unpaired) electrons. The third-order valence-electron chi connectivity index (χ3n) is 4.35. The lowest BCUT2D eigenvalue weighted by molar-refractivity contribution is 0.0727. The van der Waals surface area contributed by atoms with Crippen molar-refractivity contribution in [3.8, 4) is 0 Å². The molecule has 1 aromatic rings. The monoisotopic (exact) mass is 386 g/mol. The average molecular weight is 388 g/mol. The predicted octanol–water partition coefficient (Wildman–Crippen LogP) is 2.89. The van der Waals surface area contributed by atoms with Gasteiger partial charge in [0.2, 0.25) is 0 Å². The summed E-state index contributed by atoms with van der Waals surface area (Å²) in [6.45, 7) is 5.12. The molecule has 1 N–H and O–H groups in total. The summed E-state index contributed by atoms with van der Waals surface area (Å²) in [6.07, 6.45) is 0. The topological polar surface area (TPSA) is 32.3 Å². The van der Waals surface area contributed by atoms with E-state index in [0.717, 1.165) is 34.1 Å². The smallest absolute Gasteiger partial charge is 0.255 e. The van der Waals surface area contributed by atoms with E-state index in [2.05, 4.69) is 44.1 Å². The molecule has 0 aromatic heterocycles. The van der Waals surface area contributed by atoms with Gasteiger partial charge >= 0.3 is 0 Å². The number of halogens is 2. The number of hydrogen-bond donors (Lipinski definition) is 1. The third-order valence-corrected chi connectivity index (χ3v) is 5.54. The van der Waals surface area contributed by atoms with Crippen molar-refractivity contribution in [1.82, 2.24) is 10.2 Å². The molecule has 0 aliphatic carbocycles. The van der Waals surface area contributed by atoms with Crippen molar-refractivity contribution in [2.75, 3.05) is 19.6 Å². The van der Waals surface area contributed by atoms with E-state index in [9.17, 15) is 4.79 Å². The fourth-order valence-electron chi connectivity index (χ4n) is 3.25. The van der Waals surface area contributed by atoms with Crippen molar-refractivity contribution in [3.63, 3.8) is 0 Å². The lowest BCUT2D eigenvalue weighted by atomic mass is 9.95. The van der Waals surface area contributed by atoms with Gasteiger partial charge < -0.3 is 10.2 Å². The van der Waals surface area contributed by atoms with Crippen molar-refractivity contribution < 1.29 is 4.79 Å². The summed E-state index contributed by atoms with van der Waals surface area (Å²) in [5.74, 6) is 1.36. The molecule has 0 bridgehead atoms. The first-order valence-corrected chi connectivity index (χ1v) is 8.13. The van der Waals surface area contributed by atoms with Gasteiger partial charge in [0.1, 0.15) is 0 Å². The number of fused-ring (bicyclic) bond motifs is 1. The fourth-order valence-corrected chi connectivity index (χ4v) is 4.03. The van der Waals surface area contributed by atoms with Crippen LogP contribution in [0.3, 0.4) is 0 Å². The maximum Gasteiger partial charge on any atom is 0.255 e. The van der Waals surface area contributed by atoms with Crippen molar-refractivity contribution in [1.29, 1.82) is 0 Å². The molecule has 3 unspecified atom stereocenters. The van der Waals surface area contributed by atoms with Crippen LogP contribution in [0.2, 0.25) is 0 Å². The predicted molar refractivity (Wildman–Crippen MR) is 82.2 cm³/mol. The van der Waals surface area contributed by atoms with Crippen molar-refractivity contribution in [2.24, 2.45) is 11.8 Å². The first-order valence-electron chi connectivity index (χ1n) is 6.54. The van der Waals surface area contributed by atoms with E-state index >= 15 is 0 Å². The summed E-state index contributed by atoms with van der Waals surface area (Å²) in [4.78, 5) is 14.7. The highest BCUT2D eigenvalue weighted by Crippen LogP contribution is 2.34. The molecule has 19 heavy (non-hydrogen) atoms. The van der Waals surface area contributed by atoms with E-state index in [-0.39, 0.29) is 5.91 Å². The highest BCUT2D eigenvalue weighted by atomic mass is 79.9. The maximum atomic E-state index is 12.7. The van der Waals surface area contributed by atoms with Crippen LogP contribution in [0.15, 0.2) is 27.1 Å². The van der Waals surface area contributed by atoms with Gasteiger partial charge in [0.15, 0.2) is 0 Å². The number of benzene rings is 1. The number of rotatable bonds is 1. The highest BCUT2D eigenvalue weighted by molar-refractivity contribution is 9.11. The number of carbonyl (C=O) groups is 1. The van der Waals surface area contributed by atoms with Gasteiger partial charge in [-0.15, -0.1) is 0 Å². The zero-order chi connectivity index (χ0) is 13.6. The van der Waals surface area contributed by atoms with E-state index in [0.29, 0.717) is 17.9 Å². The van der Waals surface area contributed by atoms with Crippen LogP contribution in [0.4, 0.5) is 0 Å². The van der Waals surface area contributed by atoms with Gasteiger partial charge in [0, 0.05) is 34.6 Å². The molecule has 1 amide bonds. The van der Waals surface area contributed by atoms with Gasteiger partial charge in [-0.1, -0.05) is 15.9 Å². The number of carbonyl (C=O) groups excluding carboxylic acids is 1. The minimum atomic E-state index is 0.134. The minimum absolute atomic E-state index is 0.134. The Bertz CT molecular complexity index is 520. The molecular weight excluding hydrogens is 372 g/mol. The first-order chi connectivity index (χ1) is 9.08. The maximum absolute atomic E-state index is 12.7. The SMILES string of the molecule is CC1C2CNCC2CN1C(=O)c1cc(Br)ccc1Br. The summed E-state index contributed by atoms with van der Waals surface area (Å²) in [5, 5.41) is 3.42. The largest absolute Gasteiger partial charge is 0.335 e. The van der Waals surface area contributed by atoms with Crippen LogP contribution >= 0.6 is 31.9 Å². The summed E-state index contributed by atoms with van der Waals surface area (Å²) in [5.41, 5.74) is 0.745. The number of likely N-dealkylation sites (tertiary alicyclic amines) is 1. The van der Waals surface area contributed by atoms with Gasteiger partial charge in [0.25, 0.3) is 5.91 Å². The number of nitrogens with zero attached hydrogens (tertiary/aromatic N) is 1. The van der Waals surface area contributed by atoms with E-state index in [1.807, 2.05) is 23.1 Å². The van der Waals surface area contributed by atoms with Crippen LogP contribution < -0.4 is 5.32 Å². The Labute approximate surface area is 130 Å². The average Bonchev–Trinajstić information content (AvgIpc) is 2.95. The van der Waals surface area contributed by atoms with Crippen LogP contribution in [0.25, 0.3) is 0 Å². The summed E-state index contributed by atoms with van der Waals surface area (Å²) >= 11 is 6.91. The molecular formula is C14H16Br2N2O. The molecule has 2 heterocycles. The fraction of sp³-hybridized carbons (Fsp3) is 0.500. The molecule has 0 saturated carbocycles. The molecule has 3 rings (SSSR count). The van der Waals surface area contributed by atoms with E-state index < -0.39 is 0 Å². The standard InChI is InChI=1S/C14H16Br2N2O/c1-8-12-6-17-5-9(12)7-18(8)14(19)11-4-10(15)2-3-13(11)16/h2-4,8-9,12,17H,5-7H2,1H3. The summed E-state index contributed by atoms with van der Waals surface area (Å²) in [7, 11) is 0. The molecule has 2 fully saturated rings. The van der Waals surface area contributed by atoms with E-state index in [1.54, 1.807) is 0 Å². The Kier molecular flexibility index (Phi) is 3.71. The molecule has 0 spiro atoms. The van der Waals surface area contributed by atoms with Crippen LogP contribution in [-0.2, 0) is 0 Å². The Balaban J connectivity index is 1.86.